The van der Waals surface area contributed by atoms with Crippen molar-refractivity contribution in [2.75, 3.05) is 44.7 Å². The average molecular weight is 306 g/mol. The summed E-state index contributed by atoms with van der Waals surface area (Å²) in [5, 5.41) is 2.94. The summed E-state index contributed by atoms with van der Waals surface area (Å²) in [6, 6.07) is 1.40. The average Bonchev–Trinajstić information content (AvgIpc) is 2.39. The lowest BCUT2D eigenvalue weighted by Crippen LogP contribution is -2.49. The van der Waals surface area contributed by atoms with E-state index >= 15 is 0 Å². The maximum absolute atomic E-state index is 13.2. The van der Waals surface area contributed by atoms with Crippen LogP contribution in [-0.4, -0.2) is 55.8 Å². The van der Waals surface area contributed by atoms with Gasteiger partial charge in [-0.05, 0) is 13.1 Å². The Hall–Kier alpha value is -1.41. The number of halogens is 4. The van der Waals surface area contributed by atoms with E-state index in [0.29, 0.717) is 44.1 Å². The molecule has 0 radical (unpaired) electrons. The van der Waals surface area contributed by atoms with Gasteiger partial charge in [0.25, 0.3) is 0 Å². The maximum Gasteiger partial charge on any atom is 0.401 e. The molecule has 2 rings (SSSR count). The second-order valence-electron chi connectivity index (χ2n) is 5.04. The van der Waals surface area contributed by atoms with Crippen LogP contribution in [0.4, 0.5) is 23.4 Å². The zero-order valence-corrected chi connectivity index (χ0v) is 11.8. The van der Waals surface area contributed by atoms with Crippen LogP contribution in [0.3, 0.4) is 0 Å². The first kappa shape index (κ1) is 16.0. The minimum Gasteiger partial charge on any atom is -0.354 e. The highest BCUT2D eigenvalue weighted by Gasteiger charge is 2.32. The van der Waals surface area contributed by atoms with Gasteiger partial charge >= 0.3 is 6.18 Å². The molecule has 0 spiro atoms. The topological polar surface area (TPSA) is 31.4 Å². The van der Waals surface area contributed by atoms with E-state index in [-0.39, 0.29) is 0 Å². The smallest absolute Gasteiger partial charge is 0.354 e. The third-order valence-electron chi connectivity index (χ3n) is 3.35. The molecule has 0 bridgehead atoms. The summed E-state index contributed by atoms with van der Waals surface area (Å²) < 4.78 is 50.3. The number of pyridine rings is 1. The predicted molar refractivity (Wildman–Crippen MR) is 71.7 cm³/mol. The maximum atomic E-state index is 13.2. The first-order chi connectivity index (χ1) is 9.89. The summed E-state index contributed by atoms with van der Waals surface area (Å²) in [7, 11) is 1.75. The molecular weight excluding hydrogens is 288 g/mol. The number of aromatic nitrogens is 1. The van der Waals surface area contributed by atoms with Crippen LogP contribution in [0.25, 0.3) is 0 Å². The van der Waals surface area contributed by atoms with Crippen molar-refractivity contribution in [1.29, 1.82) is 0 Å². The molecule has 1 N–H and O–H groups in total. The third-order valence-corrected chi connectivity index (χ3v) is 3.35. The van der Waals surface area contributed by atoms with Crippen molar-refractivity contribution in [1.82, 2.24) is 15.2 Å². The summed E-state index contributed by atoms with van der Waals surface area (Å²) in [6.07, 6.45) is -3.04. The third kappa shape index (κ3) is 4.53. The van der Waals surface area contributed by atoms with E-state index in [9.17, 15) is 17.6 Å². The summed E-state index contributed by atoms with van der Waals surface area (Å²) in [5.74, 6) is 0.220. The molecule has 0 saturated carbocycles. The van der Waals surface area contributed by atoms with Crippen LogP contribution in [-0.2, 0) is 6.54 Å². The highest BCUT2D eigenvalue weighted by Crippen LogP contribution is 2.22. The van der Waals surface area contributed by atoms with E-state index < -0.39 is 18.5 Å². The molecule has 0 amide bonds. The number of piperazine rings is 1. The molecule has 0 aliphatic carbocycles. The van der Waals surface area contributed by atoms with Crippen LogP contribution < -0.4 is 10.2 Å². The first-order valence-electron chi connectivity index (χ1n) is 6.72. The van der Waals surface area contributed by atoms with Gasteiger partial charge in [0, 0.05) is 38.3 Å². The number of anilines is 1. The number of hydrogen-bond acceptors (Lipinski definition) is 4. The molecule has 8 heteroatoms. The highest BCUT2D eigenvalue weighted by molar-refractivity contribution is 5.47. The van der Waals surface area contributed by atoms with Gasteiger partial charge < -0.3 is 10.2 Å². The molecule has 2 heterocycles. The Morgan fingerprint density at radius 3 is 2.48 bits per heavy atom. The van der Waals surface area contributed by atoms with E-state index in [1.54, 1.807) is 7.05 Å². The predicted octanol–water partition coefficient (Wildman–Crippen LogP) is 1.62. The van der Waals surface area contributed by atoms with Crippen LogP contribution in [0.1, 0.15) is 5.56 Å². The number of hydrogen-bond donors (Lipinski definition) is 1. The molecule has 0 aromatic carbocycles. The largest absolute Gasteiger partial charge is 0.401 e. The zero-order chi connectivity index (χ0) is 15.5. The Labute approximate surface area is 120 Å². The van der Waals surface area contributed by atoms with Gasteiger partial charge in [0.15, 0.2) is 0 Å². The SMILES string of the molecule is CNCc1cc(F)cnc1N1CCN(CC(F)(F)F)CC1. The fourth-order valence-corrected chi connectivity index (χ4v) is 2.45. The van der Waals surface area contributed by atoms with Crippen molar-refractivity contribution >= 4 is 5.82 Å². The molecule has 1 aliphatic heterocycles. The quantitative estimate of drug-likeness (QED) is 0.857. The normalized spacial score (nSPS) is 17.3. The lowest BCUT2D eigenvalue weighted by Gasteiger charge is -2.36. The van der Waals surface area contributed by atoms with E-state index in [2.05, 4.69) is 10.3 Å². The Balaban J connectivity index is 2.02. The van der Waals surface area contributed by atoms with Gasteiger partial charge in [-0.15, -0.1) is 0 Å². The molecule has 1 saturated heterocycles. The monoisotopic (exact) mass is 306 g/mol. The molecule has 0 atom stereocenters. The van der Waals surface area contributed by atoms with Gasteiger partial charge in [-0.2, -0.15) is 13.2 Å². The first-order valence-corrected chi connectivity index (χ1v) is 6.72. The summed E-state index contributed by atoms with van der Waals surface area (Å²) in [4.78, 5) is 7.36. The van der Waals surface area contributed by atoms with Crippen molar-refractivity contribution in [3.63, 3.8) is 0 Å². The van der Waals surface area contributed by atoms with Gasteiger partial charge in [-0.25, -0.2) is 9.37 Å². The second-order valence-corrected chi connectivity index (χ2v) is 5.04. The van der Waals surface area contributed by atoms with Gasteiger partial charge in [0.2, 0.25) is 0 Å². The summed E-state index contributed by atoms with van der Waals surface area (Å²) in [6.45, 7) is 1.11. The molecule has 118 valence electrons. The van der Waals surface area contributed by atoms with Crippen LogP contribution in [0.2, 0.25) is 0 Å². The van der Waals surface area contributed by atoms with E-state index in [4.69, 9.17) is 0 Å². The van der Waals surface area contributed by atoms with Gasteiger partial charge in [-0.1, -0.05) is 0 Å². The van der Waals surface area contributed by atoms with E-state index in [1.165, 1.54) is 11.0 Å². The molecular formula is C13H18F4N4. The Morgan fingerprint density at radius 1 is 1.24 bits per heavy atom. The van der Waals surface area contributed by atoms with Crippen molar-refractivity contribution in [2.24, 2.45) is 0 Å². The molecule has 1 fully saturated rings. The Kier molecular flexibility index (Phi) is 5.00. The Morgan fingerprint density at radius 2 is 1.90 bits per heavy atom. The van der Waals surface area contributed by atoms with Crippen molar-refractivity contribution in [3.05, 3.63) is 23.6 Å². The minimum absolute atomic E-state index is 0.317. The molecule has 0 unspecified atom stereocenters. The molecule has 4 nitrogen and oxygen atoms in total. The Bertz CT molecular complexity index is 470. The number of rotatable bonds is 4. The number of nitrogens with one attached hydrogen (secondary N) is 1. The minimum atomic E-state index is -4.17. The summed E-state index contributed by atoms with van der Waals surface area (Å²) in [5.41, 5.74) is 0.710. The lowest BCUT2D eigenvalue weighted by molar-refractivity contribution is -0.146. The molecule has 1 aromatic rings. The lowest BCUT2D eigenvalue weighted by atomic mass is 10.2. The van der Waals surface area contributed by atoms with Crippen LogP contribution in [0.15, 0.2) is 12.3 Å². The number of nitrogens with zero attached hydrogens (tertiary/aromatic N) is 3. The molecule has 1 aromatic heterocycles. The number of alkyl halides is 3. The summed E-state index contributed by atoms with van der Waals surface area (Å²) >= 11 is 0. The van der Waals surface area contributed by atoms with Crippen molar-refractivity contribution in [2.45, 2.75) is 12.7 Å². The van der Waals surface area contributed by atoms with Crippen molar-refractivity contribution in [3.8, 4) is 0 Å². The van der Waals surface area contributed by atoms with Crippen LogP contribution in [0.5, 0.6) is 0 Å². The van der Waals surface area contributed by atoms with Gasteiger partial charge in [0.1, 0.15) is 11.6 Å². The van der Waals surface area contributed by atoms with E-state index in [1.807, 2.05) is 4.90 Å². The molecule has 21 heavy (non-hydrogen) atoms. The van der Waals surface area contributed by atoms with Crippen LogP contribution >= 0.6 is 0 Å². The fourth-order valence-electron chi connectivity index (χ4n) is 2.45. The fraction of sp³-hybridized carbons (Fsp3) is 0.615. The van der Waals surface area contributed by atoms with Gasteiger partial charge in [0.05, 0.1) is 12.7 Å². The van der Waals surface area contributed by atoms with E-state index in [0.717, 1.165) is 6.20 Å². The van der Waals surface area contributed by atoms with Gasteiger partial charge in [-0.3, -0.25) is 4.90 Å². The molecule has 1 aliphatic rings. The standard InChI is InChI=1S/C13H18F4N4/c1-18-7-10-6-11(14)8-19-12(10)21-4-2-20(3-5-21)9-13(15,16)17/h6,8,18H,2-5,7,9H2,1H3. The van der Waals surface area contributed by atoms with Crippen LogP contribution in [0, 0.1) is 5.82 Å². The zero-order valence-electron chi connectivity index (χ0n) is 11.8. The highest BCUT2D eigenvalue weighted by atomic mass is 19.4. The second kappa shape index (κ2) is 6.57. The van der Waals surface area contributed by atoms with Crippen molar-refractivity contribution < 1.29 is 17.6 Å².